The standard InChI is InChI=1S/C21H21N3O2/c1-15-20(16(2)26-24-15)11-12-21(25)23-19-8-5-6-17(14-19)9-10-18-7-3-4-13-22-18/h3-10,13-14H,11-12H2,1-2H3,(H,23,25). The molecule has 5 heteroatoms. The molecule has 0 aliphatic carbocycles. The van der Waals surface area contributed by atoms with Crippen molar-refractivity contribution in [3.8, 4) is 0 Å². The van der Waals surface area contributed by atoms with Crippen LogP contribution in [0.1, 0.15) is 34.7 Å². The SMILES string of the molecule is Cc1noc(C)c1CCC(=O)Nc1cccc(C=Cc2ccccn2)c1. The van der Waals surface area contributed by atoms with Crippen LogP contribution in [0, 0.1) is 13.8 Å². The first kappa shape index (κ1) is 17.6. The first-order chi connectivity index (χ1) is 12.6. The number of rotatable bonds is 6. The van der Waals surface area contributed by atoms with E-state index in [1.54, 1.807) is 6.20 Å². The predicted octanol–water partition coefficient (Wildman–Crippen LogP) is 4.43. The van der Waals surface area contributed by atoms with Gasteiger partial charge in [-0.25, -0.2) is 0 Å². The third-order valence-electron chi connectivity index (χ3n) is 4.09. The van der Waals surface area contributed by atoms with Crippen LogP contribution in [0.2, 0.25) is 0 Å². The number of nitrogens with one attached hydrogen (secondary N) is 1. The summed E-state index contributed by atoms with van der Waals surface area (Å²) in [6, 6.07) is 13.5. The van der Waals surface area contributed by atoms with Crippen molar-refractivity contribution < 1.29 is 9.32 Å². The minimum Gasteiger partial charge on any atom is -0.361 e. The second-order valence-corrected chi connectivity index (χ2v) is 6.06. The second kappa shape index (κ2) is 8.25. The molecule has 0 saturated heterocycles. The van der Waals surface area contributed by atoms with E-state index in [4.69, 9.17) is 4.52 Å². The van der Waals surface area contributed by atoms with Crippen LogP contribution in [0.5, 0.6) is 0 Å². The minimum atomic E-state index is -0.0316. The molecule has 0 bridgehead atoms. The third-order valence-corrected chi connectivity index (χ3v) is 4.09. The van der Waals surface area contributed by atoms with Crippen LogP contribution >= 0.6 is 0 Å². The summed E-state index contributed by atoms with van der Waals surface area (Å²) in [4.78, 5) is 16.5. The fourth-order valence-electron chi connectivity index (χ4n) is 2.70. The van der Waals surface area contributed by atoms with Gasteiger partial charge in [0.2, 0.25) is 5.91 Å². The van der Waals surface area contributed by atoms with Gasteiger partial charge in [-0.1, -0.05) is 29.4 Å². The molecular weight excluding hydrogens is 326 g/mol. The van der Waals surface area contributed by atoms with Crippen LogP contribution in [0.25, 0.3) is 12.2 Å². The van der Waals surface area contributed by atoms with Gasteiger partial charge in [-0.15, -0.1) is 0 Å². The maximum Gasteiger partial charge on any atom is 0.224 e. The lowest BCUT2D eigenvalue weighted by atomic mass is 10.1. The molecule has 0 saturated carbocycles. The first-order valence-electron chi connectivity index (χ1n) is 8.52. The minimum absolute atomic E-state index is 0.0316. The van der Waals surface area contributed by atoms with E-state index in [-0.39, 0.29) is 5.91 Å². The van der Waals surface area contributed by atoms with Gasteiger partial charge in [0.15, 0.2) is 0 Å². The van der Waals surface area contributed by atoms with E-state index < -0.39 is 0 Å². The van der Waals surface area contributed by atoms with Crippen molar-refractivity contribution >= 4 is 23.7 Å². The molecule has 3 rings (SSSR count). The van der Waals surface area contributed by atoms with Gasteiger partial charge in [-0.3, -0.25) is 9.78 Å². The Morgan fingerprint density at radius 3 is 2.77 bits per heavy atom. The number of aryl methyl sites for hydroxylation is 2. The van der Waals surface area contributed by atoms with Gasteiger partial charge in [0.1, 0.15) is 5.76 Å². The van der Waals surface area contributed by atoms with Crippen molar-refractivity contribution in [1.29, 1.82) is 0 Å². The number of carbonyl (C=O) groups is 1. The van der Waals surface area contributed by atoms with Gasteiger partial charge in [0, 0.05) is 23.9 Å². The summed E-state index contributed by atoms with van der Waals surface area (Å²) < 4.78 is 5.13. The molecule has 1 amide bonds. The molecule has 0 spiro atoms. The molecule has 0 atom stereocenters. The molecule has 5 nitrogen and oxygen atoms in total. The van der Waals surface area contributed by atoms with E-state index in [1.165, 1.54) is 0 Å². The van der Waals surface area contributed by atoms with Gasteiger partial charge < -0.3 is 9.84 Å². The molecule has 26 heavy (non-hydrogen) atoms. The Labute approximate surface area is 152 Å². The zero-order valence-electron chi connectivity index (χ0n) is 14.9. The average Bonchev–Trinajstić information content (AvgIpc) is 2.97. The van der Waals surface area contributed by atoms with Crippen molar-refractivity contribution in [1.82, 2.24) is 10.1 Å². The van der Waals surface area contributed by atoms with Crippen molar-refractivity contribution in [2.75, 3.05) is 5.32 Å². The Morgan fingerprint density at radius 1 is 1.15 bits per heavy atom. The first-order valence-corrected chi connectivity index (χ1v) is 8.52. The Bertz CT molecular complexity index is 895. The van der Waals surface area contributed by atoms with E-state index in [0.717, 1.165) is 34.0 Å². The smallest absolute Gasteiger partial charge is 0.224 e. The van der Waals surface area contributed by atoms with E-state index in [1.807, 2.05) is 68.5 Å². The highest BCUT2D eigenvalue weighted by Crippen LogP contribution is 2.16. The van der Waals surface area contributed by atoms with Gasteiger partial charge in [0.25, 0.3) is 0 Å². The second-order valence-electron chi connectivity index (χ2n) is 6.06. The topological polar surface area (TPSA) is 68.0 Å². The highest BCUT2D eigenvalue weighted by atomic mass is 16.5. The number of amides is 1. The van der Waals surface area contributed by atoms with E-state index in [2.05, 4.69) is 15.5 Å². The van der Waals surface area contributed by atoms with Crippen molar-refractivity contribution in [3.05, 3.63) is 76.9 Å². The van der Waals surface area contributed by atoms with Gasteiger partial charge >= 0.3 is 0 Å². The largest absolute Gasteiger partial charge is 0.361 e. The number of hydrogen-bond donors (Lipinski definition) is 1. The average molecular weight is 347 g/mol. The predicted molar refractivity (Wildman–Crippen MR) is 103 cm³/mol. The molecule has 2 heterocycles. The molecule has 1 N–H and O–H groups in total. The normalized spacial score (nSPS) is 11.0. The molecule has 3 aromatic rings. The fourth-order valence-corrected chi connectivity index (χ4v) is 2.70. The maximum absolute atomic E-state index is 12.2. The van der Waals surface area contributed by atoms with E-state index in [9.17, 15) is 4.79 Å². The molecule has 132 valence electrons. The third kappa shape index (κ3) is 4.66. The number of hydrogen-bond acceptors (Lipinski definition) is 4. The van der Waals surface area contributed by atoms with Gasteiger partial charge in [0.05, 0.1) is 11.4 Å². The number of aromatic nitrogens is 2. The highest BCUT2D eigenvalue weighted by Gasteiger charge is 2.11. The van der Waals surface area contributed by atoms with Crippen LogP contribution in [0.3, 0.4) is 0 Å². The lowest BCUT2D eigenvalue weighted by Crippen LogP contribution is -2.12. The quantitative estimate of drug-likeness (QED) is 0.716. The van der Waals surface area contributed by atoms with Gasteiger partial charge in [-0.05, 0) is 56.2 Å². The Morgan fingerprint density at radius 2 is 2.04 bits per heavy atom. The van der Waals surface area contributed by atoms with E-state index >= 15 is 0 Å². The zero-order chi connectivity index (χ0) is 18.4. The van der Waals surface area contributed by atoms with Crippen LogP contribution in [-0.4, -0.2) is 16.0 Å². The van der Waals surface area contributed by atoms with Crippen molar-refractivity contribution in [2.45, 2.75) is 26.7 Å². The van der Waals surface area contributed by atoms with Crippen LogP contribution in [-0.2, 0) is 11.2 Å². The number of carbonyl (C=O) groups excluding carboxylic acids is 1. The molecular formula is C21H21N3O2. The van der Waals surface area contributed by atoms with Gasteiger partial charge in [-0.2, -0.15) is 0 Å². The lowest BCUT2D eigenvalue weighted by molar-refractivity contribution is -0.116. The number of pyridine rings is 1. The summed E-state index contributed by atoms with van der Waals surface area (Å²) in [6.07, 6.45) is 6.68. The summed E-state index contributed by atoms with van der Waals surface area (Å²) in [6.45, 7) is 3.76. The van der Waals surface area contributed by atoms with Crippen molar-refractivity contribution in [3.63, 3.8) is 0 Å². The fraction of sp³-hybridized carbons (Fsp3) is 0.190. The van der Waals surface area contributed by atoms with Crippen LogP contribution < -0.4 is 5.32 Å². The Hall–Kier alpha value is -3.21. The Kier molecular flexibility index (Phi) is 5.59. The Balaban J connectivity index is 1.59. The summed E-state index contributed by atoms with van der Waals surface area (Å²) in [5.41, 5.74) is 4.52. The van der Waals surface area contributed by atoms with Crippen LogP contribution in [0.4, 0.5) is 5.69 Å². The molecule has 0 fully saturated rings. The zero-order valence-corrected chi connectivity index (χ0v) is 14.9. The molecule has 2 aromatic heterocycles. The van der Waals surface area contributed by atoms with Crippen molar-refractivity contribution in [2.24, 2.45) is 0 Å². The monoisotopic (exact) mass is 347 g/mol. The molecule has 0 aliphatic heterocycles. The molecule has 0 unspecified atom stereocenters. The molecule has 0 radical (unpaired) electrons. The maximum atomic E-state index is 12.2. The number of nitrogens with zero attached hydrogens (tertiary/aromatic N) is 2. The lowest BCUT2D eigenvalue weighted by Gasteiger charge is -2.06. The van der Waals surface area contributed by atoms with E-state index in [0.29, 0.717) is 12.8 Å². The summed E-state index contributed by atoms with van der Waals surface area (Å²) >= 11 is 0. The summed E-state index contributed by atoms with van der Waals surface area (Å²) in [7, 11) is 0. The summed E-state index contributed by atoms with van der Waals surface area (Å²) in [5.74, 6) is 0.743. The molecule has 0 aliphatic rings. The summed E-state index contributed by atoms with van der Waals surface area (Å²) in [5, 5.41) is 6.86. The highest BCUT2D eigenvalue weighted by molar-refractivity contribution is 5.91. The molecule has 1 aromatic carbocycles. The number of anilines is 1. The number of benzene rings is 1. The van der Waals surface area contributed by atoms with Crippen LogP contribution in [0.15, 0.2) is 53.2 Å².